The van der Waals surface area contributed by atoms with Gasteiger partial charge in [-0.1, -0.05) is 0 Å². The van der Waals surface area contributed by atoms with Crippen LogP contribution in [0.5, 0.6) is 0 Å². The first-order valence-electron chi connectivity index (χ1n) is 0.383. The molecule has 4 heavy (non-hydrogen) atoms. The van der Waals surface area contributed by atoms with Crippen LogP contribution in [-0.2, 0) is 20.3 Å². The number of rotatable bonds is 0. The molecule has 4 heteroatoms. The molecule has 0 bridgehead atoms. The van der Waals surface area contributed by atoms with E-state index in [9.17, 15) is 0 Å². The second-order valence-corrected chi connectivity index (χ2v) is 0.337. The van der Waals surface area contributed by atoms with Gasteiger partial charge in [0.05, 0.1) is 0 Å². The van der Waals surface area contributed by atoms with Gasteiger partial charge in [0.25, 0.3) is 0 Å². The Bertz CT molecular complexity index is 13.5. The molecule has 0 spiro atoms. The molecular weight excluding hydrogens is 210 g/mol. The Balaban J connectivity index is 0. The van der Waals surface area contributed by atoms with Crippen molar-refractivity contribution in [2.75, 3.05) is 0 Å². The Labute approximate surface area is 48.3 Å². The Hall–Kier alpha value is 1.07. The molecule has 0 aliphatic carbocycles. The molecule has 0 amide bonds. The molecule has 0 aromatic carbocycles. The molecule has 0 saturated heterocycles. The van der Waals surface area contributed by atoms with Gasteiger partial charge in [-0.05, 0) is 0 Å². The van der Waals surface area contributed by atoms with Crippen molar-refractivity contribution in [3.8, 4) is 0 Å². The Morgan fingerprint density at radius 2 is 1.75 bits per heavy atom. The van der Waals surface area contributed by atoms with Gasteiger partial charge in [0.2, 0.25) is 0 Å². The van der Waals surface area contributed by atoms with Crippen LogP contribution < -0.4 is 0 Å². The van der Waals surface area contributed by atoms with Crippen LogP contribution in [-0.4, -0.2) is 4.03 Å². The molecule has 0 atom stereocenters. The van der Waals surface area contributed by atoms with Gasteiger partial charge < -0.3 is 0 Å². The van der Waals surface area contributed by atoms with Crippen LogP contribution in [0.15, 0.2) is 0 Å². The third-order valence-electron chi connectivity index (χ3n) is 0. The first-order chi connectivity index (χ1) is 1.41. The van der Waals surface area contributed by atoms with Crippen LogP contribution in [0.25, 0.3) is 0 Å². The molecular formula is H2IO2V. The third-order valence-corrected chi connectivity index (χ3v) is 0. The maximum atomic E-state index is 8.58. The summed E-state index contributed by atoms with van der Waals surface area (Å²) in [5.41, 5.74) is 0. The van der Waals surface area contributed by atoms with Crippen molar-refractivity contribution in [1.82, 2.24) is 0 Å². The second kappa shape index (κ2) is 8.95. The van der Waals surface area contributed by atoms with E-state index in [1.54, 1.807) is 0 Å². The maximum absolute atomic E-state index is 8.58. The summed E-state index contributed by atoms with van der Waals surface area (Å²) < 4.78 is 15.7. The van der Waals surface area contributed by atoms with E-state index >= 15 is 0 Å². The van der Waals surface area contributed by atoms with E-state index in [-0.39, 0.29) is 24.0 Å². The van der Waals surface area contributed by atoms with E-state index in [1.165, 1.54) is 0 Å². The molecule has 2 nitrogen and oxygen atoms in total. The molecule has 0 aromatic rings. The van der Waals surface area contributed by atoms with Crippen molar-refractivity contribution >= 4 is 24.0 Å². The molecule has 0 radical (unpaired) electrons. The van der Waals surface area contributed by atoms with E-state index in [1.807, 2.05) is 0 Å². The fourth-order valence-electron chi connectivity index (χ4n) is 0. The second-order valence-electron chi connectivity index (χ2n) is 0.0816. The Morgan fingerprint density at radius 3 is 1.75 bits per heavy atom. The summed E-state index contributed by atoms with van der Waals surface area (Å²) >= 11 is -1.56. The Kier molecular flexibility index (Phi) is 19.9. The van der Waals surface area contributed by atoms with E-state index in [0.717, 1.165) is 0 Å². The van der Waals surface area contributed by atoms with Gasteiger partial charge in [0, 0.05) is 0 Å². The van der Waals surface area contributed by atoms with Gasteiger partial charge in [-0.3, -0.25) is 0 Å². The zero-order valence-electron chi connectivity index (χ0n) is 1.71. The predicted molar refractivity (Wildman–Crippen MR) is 18.3 cm³/mol. The van der Waals surface area contributed by atoms with Crippen molar-refractivity contribution in [3.05, 3.63) is 0 Å². The minimum atomic E-state index is -1.56. The van der Waals surface area contributed by atoms with Gasteiger partial charge >= 0.3 is 24.3 Å². The zero-order chi connectivity index (χ0) is 2.71. The molecule has 0 rings (SSSR count). The summed E-state index contributed by atoms with van der Waals surface area (Å²) in [4.78, 5) is 0. The molecule has 0 saturated carbocycles. The molecule has 0 aliphatic rings. The van der Waals surface area contributed by atoms with E-state index in [0.29, 0.717) is 0 Å². The summed E-state index contributed by atoms with van der Waals surface area (Å²) in [6.07, 6.45) is 0. The summed E-state index contributed by atoms with van der Waals surface area (Å²) in [5.74, 6) is 0. The van der Waals surface area contributed by atoms with Crippen molar-refractivity contribution < 1.29 is 24.3 Å². The average molecular weight is 212 g/mol. The van der Waals surface area contributed by atoms with Gasteiger partial charge in [0.15, 0.2) is 0 Å². The van der Waals surface area contributed by atoms with Gasteiger partial charge in [-0.2, -0.15) is 0 Å². The third kappa shape index (κ3) is 11.5. The Morgan fingerprint density at radius 1 is 1.75 bits per heavy atom. The number of hydrogen-bond donors (Lipinski definition) is 1. The summed E-state index contributed by atoms with van der Waals surface area (Å²) in [5, 5.41) is 0. The molecule has 0 heterocycles. The fraction of sp³-hybridized carbons (Fsp3) is 0. The summed E-state index contributed by atoms with van der Waals surface area (Å²) in [7, 11) is 0. The predicted octanol–water partition coefficient (Wildman–Crippen LogP) is -0.0603. The van der Waals surface area contributed by atoms with Crippen LogP contribution in [0.4, 0.5) is 0 Å². The van der Waals surface area contributed by atoms with Crippen molar-refractivity contribution in [2.45, 2.75) is 0 Å². The fourth-order valence-corrected chi connectivity index (χ4v) is 0. The number of hydrogen-bond acceptors (Lipinski definition) is 1. The van der Waals surface area contributed by atoms with Crippen LogP contribution in [0, 0.1) is 0 Å². The summed E-state index contributed by atoms with van der Waals surface area (Å²) in [6, 6.07) is 0. The molecule has 1 N–H and O–H groups in total. The quantitative estimate of drug-likeness (QED) is 0.571. The molecule has 0 aliphatic heterocycles. The topological polar surface area (TPSA) is 37.3 Å². The summed E-state index contributed by atoms with van der Waals surface area (Å²) in [6.45, 7) is 0. The molecule has 26 valence electrons. The standard InChI is InChI=1S/HI.H2O.O.V/h1H;1H2;;/q;;;+1/p-1. The van der Waals surface area contributed by atoms with Crippen molar-refractivity contribution in [3.63, 3.8) is 0 Å². The molecule has 0 unspecified atom stereocenters. The van der Waals surface area contributed by atoms with E-state index in [2.05, 4.69) is 0 Å². The first kappa shape index (κ1) is 8.91. The monoisotopic (exact) mass is 212 g/mol. The number of halogens is 1. The van der Waals surface area contributed by atoms with E-state index < -0.39 is 16.6 Å². The minimum absolute atomic E-state index is 0. The molecule has 0 fully saturated rings. The van der Waals surface area contributed by atoms with Crippen molar-refractivity contribution in [1.29, 1.82) is 0 Å². The zero-order valence-corrected chi connectivity index (χ0v) is 5.44. The van der Waals surface area contributed by atoms with Gasteiger partial charge in [0.1, 0.15) is 0 Å². The van der Waals surface area contributed by atoms with Crippen LogP contribution >= 0.6 is 24.0 Å². The van der Waals surface area contributed by atoms with Crippen molar-refractivity contribution in [2.24, 2.45) is 0 Å². The SMILES string of the molecule is I.[O]=[V][OH]. The normalized spacial score (nSPS) is 3.25. The molecule has 0 aromatic heterocycles. The van der Waals surface area contributed by atoms with Gasteiger partial charge in [-0.25, -0.2) is 0 Å². The average Bonchev–Trinajstić information content (AvgIpc) is 0.918. The van der Waals surface area contributed by atoms with Crippen LogP contribution in [0.1, 0.15) is 0 Å². The van der Waals surface area contributed by atoms with E-state index in [4.69, 9.17) is 7.71 Å². The van der Waals surface area contributed by atoms with Gasteiger partial charge in [-0.15, -0.1) is 24.0 Å². The van der Waals surface area contributed by atoms with Crippen LogP contribution in [0.2, 0.25) is 0 Å². The first-order valence-corrected chi connectivity index (χ1v) is 1.58. The van der Waals surface area contributed by atoms with Crippen LogP contribution in [0.3, 0.4) is 0 Å².